The van der Waals surface area contributed by atoms with E-state index in [0.717, 1.165) is 23.6 Å². The van der Waals surface area contributed by atoms with E-state index in [4.69, 9.17) is 20.6 Å². The van der Waals surface area contributed by atoms with Crippen LogP contribution in [0.1, 0.15) is 11.1 Å². The number of hydrogen-bond donors (Lipinski definition) is 0. The molecule has 0 unspecified atom stereocenters. The highest BCUT2D eigenvalue weighted by Crippen LogP contribution is 2.17. The third-order valence-corrected chi connectivity index (χ3v) is 5.50. The Bertz CT molecular complexity index is 476. The number of benzene rings is 2. The lowest BCUT2D eigenvalue weighted by Crippen LogP contribution is -2.13. The first-order valence-electron chi connectivity index (χ1n) is 6.47. The van der Waals surface area contributed by atoms with Crippen LogP contribution in [0.4, 0.5) is 0 Å². The van der Waals surface area contributed by atoms with Crippen LogP contribution in [0.25, 0.3) is 0 Å². The SMILES string of the molecule is COc1ccc(C[Si](Cl)Cc2ccc(OC)cc2)cc1. The lowest BCUT2D eigenvalue weighted by molar-refractivity contribution is 0.414. The molecule has 2 nitrogen and oxygen atoms in total. The molecule has 0 aromatic heterocycles. The third kappa shape index (κ3) is 4.29. The Morgan fingerprint density at radius 1 is 0.750 bits per heavy atom. The first kappa shape index (κ1) is 14.9. The van der Waals surface area contributed by atoms with Gasteiger partial charge in [0.1, 0.15) is 11.5 Å². The molecule has 0 saturated heterocycles. The van der Waals surface area contributed by atoms with Gasteiger partial charge in [-0.25, -0.2) is 0 Å². The Balaban J connectivity index is 1.91. The third-order valence-electron chi connectivity index (χ3n) is 3.11. The lowest BCUT2D eigenvalue weighted by atomic mass is 10.2. The van der Waals surface area contributed by atoms with Crippen LogP contribution in [0.2, 0.25) is 0 Å². The molecule has 2 aromatic rings. The van der Waals surface area contributed by atoms with Gasteiger partial charge in [0, 0.05) is 0 Å². The van der Waals surface area contributed by atoms with Crippen molar-refractivity contribution in [3.05, 3.63) is 59.7 Å². The minimum atomic E-state index is -0.942. The van der Waals surface area contributed by atoms with Crippen molar-refractivity contribution in [1.29, 1.82) is 0 Å². The fourth-order valence-electron chi connectivity index (χ4n) is 1.99. The van der Waals surface area contributed by atoms with E-state index < -0.39 is 8.11 Å². The van der Waals surface area contributed by atoms with Gasteiger partial charge in [-0.05, 0) is 47.5 Å². The zero-order valence-corrected chi connectivity index (χ0v) is 13.5. The van der Waals surface area contributed by atoms with Crippen LogP contribution >= 0.6 is 11.1 Å². The van der Waals surface area contributed by atoms with Crippen LogP contribution in [0.15, 0.2) is 48.5 Å². The molecule has 0 N–H and O–H groups in total. The number of halogens is 1. The van der Waals surface area contributed by atoms with Crippen molar-refractivity contribution in [2.45, 2.75) is 12.1 Å². The monoisotopic (exact) mass is 305 g/mol. The Labute approximate surface area is 126 Å². The molecule has 0 spiro atoms. The molecule has 4 heteroatoms. The Hall–Kier alpha value is -1.45. The van der Waals surface area contributed by atoms with E-state index in [2.05, 4.69) is 24.3 Å². The topological polar surface area (TPSA) is 18.5 Å². The van der Waals surface area contributed by atoms with E-state index in [0.29, 0.717) is 0 Å². The summed E-state index contributed by atoms with van der Waals surface area (Å²) in [5.41, 5.74) is 2.53. The highest BCUT2D eigenvalue weighted by atomic mass is 35.6. The zero-order chi connectivity index (χ0) is 14.4. The summed E-state index contributed by atoms with van der Waals surface area (Å²) in [4.78, 5) is 0. The first-order chi connectivity index (χ1) is 9.71. The van der Waals surface area contributed by atoms with E-state index in [1.165, 1.54) is 11.1 Å². The fourth-order valence-corrected chi connectivity index (χ4v) is 4.40. The molecule has 0 bridgehead atoms. The molecular formula is C16H18ClO2Si. The summed E-state index contributed by atoms with van der Waals surface area (Å²) in [5.74, 6) is 1.76. The molecule has 1 radical (unpaired) electrons. The second-order valence-corrected chi connectivity index (χ2v) is 7.91. The molecule has 0 saturated carbocycles. The molecule has 2 rings (SSSR count). The summed E-state index contributed by atoms with van der Waals surface area (Å²) in [6, 6.07) is 18.1. The first-order valence-corrected chi connectivity index (χ1v) is 9.40. The Morgan fingerprint density at radius 2 is 1.10 bits per heavy atom. The maximum absolute atomic E-state index is 6.54. The molecule has 0 fully saturated rings. The van der Waals surface area contributed by atoms with E-state index in [9.17, 15) is 0 Å². The molecule has 20 heavy (non-hydrogen) atoms. The molecule has 0 aliphatic rings. The van der Waals surface area contributed by atoms with Gasteiger partial charge in [0.2, 0.25) is 0 Å². The van der Waals surface area contributed by atoms with Gasteiger partial charge in [0.15, 0.2) is 8.11 Å². The molecule has 0 atom stereocenters. The molecular weight excluding hydrogens is 288 g/mol. The van der Waals surface area contributed by atoms with Crippen LogP contribution < -0.4 is 9.47 Å². The number of ether oxygens (including phenoxy) is 2. The zero-order valence-electron chi connectivity index (χ0n) is 11.7. The highest BCUT2D eigenvalue weighted by molar-refractivity contribution is 7.06. The van der Waals surface area contributed by atoms with Gasteiger partial charge >= 0.3 is 0 Å². The maximum Gasteiger partial charge on any atom is 0.174 e. The standard InChI is InChI=1S/C16H18ClO2Si/c1-18-15-7-3-13(4-8-15)11-20(17)12-14-5-9-16(19-2)10-6-14/h3-10H,11-12H2,1-2H3. The summed E-state index contributed by atoms with van der Waals surface area (Å²) >= 11 is 6.54. The van der Waals surface area contributed by atoms with Gasteiger partial charge in [-0.2, -0.15) is 11.1 Å². The Morgan fingerprint density at radius 3 is 1.40 bits per heavy atom. The lowest BCUT2D eigenvalue weighted by Gasteiger charge is -2.09. The van der Waals surface area contributed by atoms with Gasteiger partial charge in [0.05, 0.1) is 14.2 Å². The van der Waals surface area contributed by atoms with E-state index in [-0.39, 0.29) is 0 Å². The van der Waals surface area contributed by atoms with Crippen molar-refractivity contribution in [3.8, 4) is 11.5 Å². The summed E-state index contributed by atoms with van der Waals surface area (Å²) in [5, 5.41) is 0. The predicted octanol–water partition coefficient (Wildman–Crippen LogP) is 3.80. The summed E-state index contributed by atoms with van der Waals surface area (Å²) in [7, 11) is 2.41. The fraction of sp³-hybridized carbons (Fsp3) is 0.250. The van der Waals surface area contributed by atoms with Gasteiger partial charge in [0.25, 0.3) is 0 Å². The summed E-state index contributed by atoms with van der Waals surface area (Å²) < 4.78 is 10.3. The largest absolute Gasteiger partial charge is 0.497 e. The normalized spacial score (nSPS) is 10.6. The summed E-state index contributed by atoms with van der Waals surface area (Å²) in [6.07, 6.45) is 0. The van der Waals surface area contributed by atoms with Crippen molar-refractivity contribution in [2.24, 2.45) is 0 Å². The van der Waals surface area contributed by atoms with Gasteiger partial charge in [-0.15, -0.1) is 0 Å². The van der Waals surface area contributed by atoms with Gasteiger partial charge < -0.3 is 9.47 Å². The van der Waals surface area contributed by atoms with E-state index in [1.807, 2.05) is 24.3 Å². The Kier molecular flexibility index (Phi) is 5.50. The predicted molar refractivity (Wildman–Crippen MR) is 85.0 cm³/mol. The second kappa shape index (κ2) is 7.36. The molecule has 0 aliphatic heterocycles. The van der Waals surface area contributed by atoms with Crippen molar-refractivity contribution in [2.75, 3.05) is 14.2 Å². The van der Waals surface area contributed by atoms with Gasteiger partial charge in [-0.3, -0.25) is 0 Å². The highest BCUT2D eigenvalue weighted by Gasteiger charge is 2.10. The second-order valence-electron chi connectivity index (χ2n) is 4.57. The van der Waals surface area contributed by atoms with E-state index in [1.54, 1.807) is 14.2 Å². The van der Waals surface area contributed by atoms with Crippen LogP contribution in [0, 0.1) is 0 Å². The van der Waals surface area contributed by atoms with Crippen molar-refractivity contribution in [1.82, 2.24) is 0 Å². The average Bonchev–Trinajstić information content (AvgIpc) is 2.49. The molecule has 0 aliphatic carbocycles. The van der Waals surface area contributed by atoms with E-state index >= 15 is 0 Å². The molecule has 0 heterocycles. The smallest absolute Gasteiger partial charge is 0.174 e. The number of hydrogen-bond acceptors (Lipinski definition) is 2. The van der Waals surface area contributed by atoms with Crippen LogP contribution in [0.3, 0.4) is 0 Å². The molecule has 105 valence electrons. The van der Waals surface area contributed by atoms with Crippen molar-refractivity contribution in [3.63, 3.8) is 0 Å². The maximum atomic E-state index is 6.54. The van der Waals surface area contributed by atoms with Crippen LogP contribution in [-0.4, -0.2) is 22.3 Å². The quantitative estimate of drug-likeness (QED) is 0.597. The van der Waals surface area contributed by atoms with Crippen LogP contribution in [0.5, 0.6) is 11.5 Å². The van der Waals surface area contributed by atoms with Crippen LogP contribution in [-0.2, 0) is 12.1 Å². The minimum absolute atomic E-state index is 0.882. The van der Waals surface area contributed by atoms with Gasteiger partial charge in [-0.1, -0.05) is 24.3 Å². The number of rotatable bonds is 6. The van der Waals surface area contributed by atoms with Crippen molar-refractivity contribution >= 4 is 19.2 Å². The molecule has 0 amide bonds. The number of methoxy groups -OCH3 is 2. The average molecular weight is 306 g/mol. The molecule has 2 aromatic carbocycles. The minimum Gasteiger partial charge on any atom is -0.497 e. The van der Waals surface area contributed by atoms with Crippen molar-refractivity contribution < 1.29 is 9.47 Å². The summed E-state index contributed by atoms with van der Waals surface area (Å²) in [6.45, 7) is 0.